The van der Waals surface area contributed by atoms with Gasteiger partial charge in [-0.1, -0.05) is 30.3 Å². The van der Waals surface area contributed by atoms with Crippen molar-refractivity contribution in [3.05, 3.63) is 77.3 Å². The van der Waals surface area contributed by atoms with Gasteiger partial charge in [-0.25, -0.2) is 4.68 Å². The summed E-state index contributed by atoms with van der Waals surface area (Å²) in [6.07, 6.45) is 2.45. The van der Waals surface area contributed by atoms with Crippen LogP contribution < -0.4 is 10.1 Å². The molecule has 0 unspecified atom stereocenters. The smallest absolute Gasteiger partial charge is 0.226 e. The Balaban J connectivity index is 1.59. The molecular weight excluding hydrogens is 368 g/mol. The lowest BCUT2D eigenvalue weighted by Crippen LogP contribution is -2.33. The fraction of sp³-hybridized carbons (Fsp3) is 0.227. The summed E-state index contributed by atoms with van der Waals surface area (Å²) in [6.45, 7) is 0. The van der Waals surface area contributed by atoms with Crippen LogP contribution in [0.25, 0.3) is 0 Å². The number of hydrogen-bond donors (Lipinski definition) is 2. The van der Waals surface area contributed by atoms with Gasteiger partial charge in [0.2, 0.25) is 5.95 Å². The first-order valence-corrected chi connectivity index (χ1v) is 9.50. The van der Waals surface area contributed by atoms with Gasteiger partial charge in [-0.3, -0.25) is 4.79 Å². The lowest BCUT2D eigenvalue weighted by molar-refractivity contribution is -0.116. The summed E-state index contributed by atoms with van der Waals surface area (Å²) in [4.78, 5) is 17.6. The quantitative estimate of drug-likeness (QED) is 0.715. The summed E-state index contributed by atoms with van der Waals surface area (Å²) in [5.74, 6) is 1.55. The number of benzene rings is 2. The van der Waals surface area contributed by atoms with Crippen LogP contribution in [0.15, 0.2) is 66.1 Å². The normalized spacial score (nSPS) is 20.7. The molecule has 0 saturated heterocycles. The maximum Gasteiger partial charge on any atom is 0.226 e. The molecule has 1 aliphatic carbocycles. The third kappa shape index (κ3) is 2.86. The SMILES string of the molecule is COc1ccc([C@H]2C3=C(C[C@H](c4ccccc4O)CC3=O)Nc3ncnn32)cc1. The molecule has 2 aromatic carbocycles. The summed E-state index contributed by atoms with van der Waals surface area (Å²) >= 11 is 0. The number of aromatic hydroxyl groups is 1. The molecule has 0 bridgehead atoms. The van der Waals surface area contributed by atoms with Gasteiger partial charge in [-0.05, 0) is 35.7 Å². The summed E-state index contributed by atoms with van der Waals surface area (Å²) < 4.78 is 7.01. The van der Waals surface area contributed by atoms with E-state index in [1.165, 1.54) is 6.33 Å². The summed E-state index contributed by atoms with van der Waals surface area (Å²) in [5, 5.41) is 17.9. The lowest BCUT2D eigenvalue weighted by Gasteiger charge is -2.35. The van der Waals surface area contributed by atoms with Crippen molar-refractivity contribution in [1.29, 1.82) is 0 Å². The van der Waals surface area contributed by atoms with Gasteiger partial charge in [0.1, 0.15) is 23.9 Å². The monoisotopic (exact) mass is 388 g/mol. The Hall–Kier alpha value is -3.61. The molecule has 7 heteroatoms. The van der Waals surface area contributed by atoms with Crippen LogP contribution in [-0.2, 0) is 4.79 Å². The number of anilines is 1. The first-order valence-electron chi connectivity index (χ1n) is 9.50. The number of nitrogens with one attached hydrogen (secondary N) is 1. The average molecular weight is 388 g/mol. The van der Waals surface area contributed by atoms with Gasteiger partial charge in [0.15, 0.2) is 5.78 Å². The molecule has 0 amide bonds. The van der Waals surface area contributed by atoms with Crippen LogP contribution in [-0.4, -0.2) is 32.8 Å². The van der Waals surface area contributed by atoms with E-state index in [-0.39, 0.29) is 23.5 Å². The third-order valence-corrected chi connectivity index (χ3v) is 5.67. The molecule has 1 aromatic heterocycles. The maximum absolute atomic E-state index is 13.3. The van der Waals surface area contributed by atoms with Gasteiger partial charge < -0.3 is 15.2 Å². The van der Waals surface area contributed by atoms with Crippen LogP contribution in [0.4, 0.5) is 5.95 Å². The molecule has 0 radical (unpaired) electrons. The number of methoxy groups -OCH3 is 1. The second-order valence-electron chi connectivity index (χ2n) is 7.31. The molecule has 0 spiro atoms. The van der Waals surface area contributed by atoms with Crippen LogP contribution in [0.5, 0.6) is 11.5 Å². The van der Waals surface area contributed by atoms with Gasteiger partial charge in [0, 0.05) is 23.6 Å². The second-order valence-corrected chi connectivity index (χ2v) is 7.31. The van der Waals surface area contributed by atoms with E-state index in [1.54, 1.807) is 23.9 Å². The number of phenolic OH excluding ortho intramolecular Hbond substituents is 1. The van der Waals surface area contributed by atoms with Gasteiger partial charge in [0.05, 0.1) is 7.11 Å². The number of ketones is 1. The second kappa shape index (κ2) is 6.77. The summed E-state index contributed by atoms with van der Waals surface area (Å²) in [7, 11) is 1.62. The lowest BCUT2D eigenvalue weighted by atomic mass is 9.77. The zero-order valence-corrected chi connectivity index (χ0v) is 15.9. The first kappa shape index (κ1) is 17.5. The van der Waals surface area contributed by atoms with Gasteiger partial charge in [-0.2, -0.15) is 10.1 Å². The fourth-order valence-corrected chi connectivity index (χ4v) is 4.30. The highest BCUT2D eigenvalue weighted by Crippen LogP contribution is 2.45. The fourth-order valence-electron chi connectivity index (χ4n) is 4.30. The van der Waals surface area contributed by atoms with Crippen molar-refractivity contribution in [2.75, 3.05) is 12.4 Å². The molecule has 2 atom stereocenters. The Morgan fingerprint density at radius 1 is 1.14 bits per heavy atom. The first-order chi connectivity index (χ1) is 14.2. The third-order valence-electron chi connectivity index (χ3n) is 5.67. The van der Waals surface area contributed by atoms with E-state index in [0.717, 1.165) is 22.6 Å². The molecule has 2 N–H and O–H groups in total. The standard InChI is InChI=1S/C22H20N4O3/c1-29-15-8-6-13(7-9-15)21-20-17(25-22-23-12-24-26(21)22)10-14(11-19(20)28)16-4-2-3-5-18(16)27/h2-9,12,14,21,27H,10-11H2,1H3,(H,23,24,25)/t14-,21-/m0/s1. The molecule has 146 valence electrons. The van der Waals surface area contributed by atoms with Gasteiger partial charge in [-0.15, -0.1) is 0 Å². The Kier molecular flexibility index (Phi) is 4.08. The molecule has 2 heterocycles. The minimum absolute atomic E-state index is 0.0500. The summed E-state index contributed by atoms with van der Waals surface area (Å²) in [6, 6.07) is 14.5. The Morgan fingerprint density at radius 3 is 2.69 bits per heavy atom. The molecule has 1 aliphatic heterocycles. The number of Topliss-reactive ketones (excluding diaryl/α,β-unsaturated/α-hetero) is 1. The van der Waals surface area contributed by atoms with Crippen molar-refractivity contribution >= 4 is 11.7 Å². The highest BCUT2D eigenvalue weighted by molar-refractivity contribution is 6.00. The number of aromatic nitrogens is 3. The van der Waals surface area contributed by atoms with Crippen molar-refractivity contribution in [3.8, 4) is 11.5 Å². The molecule has 5 rings (SSSR count). The van der Waals surface area contributed by atoms with Crippen molar-refractivity contribution in [2.45, 2.75) is 24.8 Å². The largest absolute Gasteiger partial charge is 0.508 e. The number of rotatable bonds is 3. The number of allylic oxidation sites excluding steroid dienone is 2. The van der Waals surface area contributed by atoms with E-state index in [0.29, 0.717) is 24.4 Å². The van der Waals surface area contributed by atoms with Crippen molar-refractivity contribution in [3.63, 3.8) is 0 Å². The number of carbonyl (C=O) groups is 1. The summed E-state index contributed by atoms with van der Waals surface area (Å²) in [5.41, 5.74) is 3.29. The highest BCUT2D eigenvalue weighted by atomic mass is 16.5. The number of ether oxygens (including phenoxy) is 1. The molecule has 29 heavy (non-hydrogen) atoms. The molecular formula is C22H20N4O3. The number of carbonyl (C=O) groups excluding carboxylic acids is 1. The Bertz CT molecular complexity index is 1120. The van der Waals surface area contributed by atoms with E-state index < -0.39 is 0 Å². The zero-order valence-electron chi connectivity index (χ0n) is 15.9. The Morgan fingerprint density at radius 2 is 1.93 bits per heavy atom. The number of hydrogen-bond acceptors (Lipinski definition) is 6. The topological polar surface area (TPSA) is 89.3 Å². The van der Waals surface area contributed by atoms with Crippen LogP contribution in [0.2, 0.25) is 0 Å². The van der Waals surface area contributed by atoms with Crippen LogP contribution >= 0.6 is 0 Å². The van der Waals surface area contributed by atoms with E-state index in [2.05, 4.69) is 15.4 Å². The molecule has 3 aromatic rings. The number of phenols is 1. The average Bonchev–Trinajstić information content (AvgIpc) is 3.20. The van der Waals surface area contributed by atoms with Crippen molar-refractivity contribution in [2.24, 2.45) is 0 Å². The van der Waals surface area contributed by atoms with Gasteiger partial charge in [0.25, 0.3) is 0 Å². The number of fused-ring (bicyclic) bond motifs is 1. The van der Waals surface area contributed by atoms with Crippen LogP contribution in [0.1, 0.15) is 35.9 Å². The minimum Gasteiger partial charge on any atom is -0.508 e. The predicted octanol–water partition coefficient (Wildman–Crippen LogP) is 3.41. The molecule has 7 nitrogen and oxygen atoms in total. The molecule has 0 fully saturated rings. The van der Waals surface area contributed by atoms with Crippen molar-refractivity contribution < 1.29 is 14.6 Å². The van der Waals surface area contributed by atoms with E-state index in [1.807, 2.05) is 36.4 Å². The van der Waals surface area contributed by atoms with Gasteiger partial charge >= 0.3 is 0 Å². The minimum atomic E-state index is -0.340. The Labute approximate surface area is 167 Å². The maximum atomic E-state index is 13.3. The zero-order chi connectivity index (χ0) is 20.0. The highest BCUT2D eigenvalue weighted by Gasteiger charge is 2.39. The van der Waals surface area contributed by atoms with Crippen LogP contribution in [0, 0.1) is 0 Å². The van der Waals surface area contributed by atoms with Crippen molar-refractivity contribution in [1.82, 2.24) is 14.8 Å². The number of para-hydroxylation sites is 1. The van der Waals surface area contributed by atoms with E-state index >= 15 is 0 Å². The molecule has 0 saturated carbocycles. The van der Waals surface area contributed by atoms with E-state index in [9.17, 15) is 9.90 Å². The molecule has 2 aliphatic rings. The number of nitrogens with zero attached hydrogens (tertiary/aromatic N) is 3. The van der Waals surface area contributed by atoms with Crippen LogP contribution in [0.3, 0.4) is 0 Å². The van der Waals surface area contributed by atoms with E-state index in [4.69, 9.17) is 4.74 Å². The predicted molar refractivity (Wildman–Crippen MR) is 107 cm³/mol.